The highest BCUT2D eigenvalue weighted by atomic mass is 16.4. The molecule has 0 saturated carbocycles. The molecule has 0 fully saturated rings. The lowest BCUT2D eigenvalue weighted by atomic mass is 10.0. The molecule has 0 aliphatic carbocycles. The van der Waals surface area contributed by atoms with Crippen LogP contribution in [0.15, 0.2) is 27.4 Å². The number of carboxylic acids is 1. The highest BCUT2D eigenvalue weighted by molar-refractivity contribution is 5.92. The zero-order valence-corrected chi connectivity index (χ0v) is 8.90. The lowest BCUT2D eigenvalue weighted by Crippen LogP contribution is -2.07. The number of benzene rings is 1. The second kappa shape index (κ2) is 3.48. The number of aryl methyl sites for hydroxylation is 2. The third-order valence-corrected chi connectivity index (χ3v) is 2.44. The largest absolute Gasteiger partial charge is 0.475 e. The maximum atomic E-state index is 11.6. The van der Waals surface area contributed by atoms with Gasteiger partial charge in [-0.25, -0.2) is 9.59 Å². The maximum absolute atomic E-state index is 11.6. The number of aromatic carboxylic acids is 1. The topological polar surface area (TPSA) is 67.5 Å². The molecule has 0 radical (unpaired) electrons. The van der Waals surface area contributed by atoms with E-state index in [-0.39, 0.29) is 5.76 Å². The van der Waals surface area contributed by atoms with Crippen LogP contribution < -0.4 is 5.63 Å². The second-order valence-electron chi connectivity index (χ2n) is 3.75. The first kappa shape index (κ1) is 10.4. The minimum atomic E-state index is -1.24. The van der Waals surface area contributed by atoms with Crippen LogP contribution in [0.1, 0.15) is 21.7 Å². The molecule has 0 aliphatic heterocycles. The van der Waals surface area contributed by atoms with Crippen LogP contribution in [0.25, 0.3) is 10.8 Å². The van der Waals surface area contributed by atoms with Gasteiger partial charge in [0, 0.05) is 0 Å². The average molecular weight is 218 g/mol. The zero-order chi connectivity index (χ0) is 11.9. The summed E-state index contributed by atoms with van der Waals surface area (Å²) < 4.78 is 4.71. The van der Waals surface area contributed by atoms with Crippen molar-refractivity contribution in [3.05, 3.63) is 45.5 Å². The Morgan fingerprint density at radius 2 is 1.88 bits per heavy atom. The number of carbonyl (C=O) groups is 1. The van der Waals surface area contributed by atoms with E-state index >= 15 is 0 Å². The molecule has 16 heavy (non-hydrogen) atoms. The highest BCUT2D eigenvalue weighted by Crippen LogP contribution is 2.18. The van der Waals surface area contributed by atoms with Crippen molar-refractivity contribution in [3.63, 3.8) is 0 Å². The van der Waals surface area contributed by atoms with E-state index in [4.69, 9.17) is 9.52 Å². The van der Waals surface area contributed by atoms with Crippen LogP contribution in [0.5, 0.6) is 0 Å². The molecule has 0 saturated heterocycles. The predicted molar refractivity (Wildman–Crippen MR) is 58.9 cm³/mol. The molecule has 1 N–H and O–H groups in total. The van der Waals surface area contributed by atoms with Crippen LogP contribution in [0.4, 0.5) is 0 Å². The van der Waals surface area contributed by atoms with E-state index in [9.17, 15) is 9.59 Å². The van der Waals surface area contributed by atoms with Gasteiger partial charge in [-0.2, -0.15) is 0 Å². The van der Waals surface area contributed by atoms with Crippen molar-refractivity contribution in [1.29, 1.82) is 0 Å². The monoisotopic (exact) mass is 218 g/mol. The van der Waals surface area contributed by atoms with E-state index in [2.05, 4.69) is 0 Å². The van der Waals surface area contributed by atoms with Crippen LogP contribution in [-0.2, 0) is 0 Å². The molecule has 2 aromatic rings. The third kappa shape index (κ3) is 1.58. The van der Waals surface area contributed by atoms with Crippen LogP contribution >= 0.6 is 0 Å². The van der Waals surface area contributed by atoms with Gasteiger partial charge >= 0.3 is 11.6 Å². The van der Waals surface area contributed by atoms with Gasteiger partial charge in [0.15, 0.2) is 0 Å². The van der Waals surface area contributed by atoms with Gasteiger partial charge in [0.25, 0.3) is 0 Å². The zero-order valence-electron chi connectivity index (χ0n) is 8.90. The number of hydrogen-bond donors (Lipinski definition) is 1. The maximum Gasteiger partial charge on any atom is 0.371 e. The molecule has 0 unspecified atom stereocenters. The number of carboxylic acid groups (broad SMARTS) is 1. The van der Waals surface area contributed by atoms with Crippen molar-refractivity contribution >= 4 is 16.7 Å². The molecule has 0 amide bonds. The van der Waals surface area contributed by atoms with Gasteiger partial charge in [-0.05, 0) is 42.5 Å². The molecule has 4 heteroatoms. The minimum Gasteiger partial charge on any atom is -0.475 e. The summed E-state index contributed by atoms with van der Waals surface area (Å²) >= 11 is 0. The van der Waals surface area contributed by atoms with Gasteiger partial charge in [-0.15, -0.1) is 0 Å². The minimum absolute atomic E-state index is 0.329. The first-order valence-corrected chi connectivity index (χ1v) is 4.77. The van der Waals surface area contributed by atoms with Crippen molar-refractivity contribution in [2.45, 2.75) is 13.8 Å². The van der Waals surface area contributed by atoms with Gasteiger partial charge in [0.05, 0.1) is 5.39 Å². The lowest BCUT2D eigenvalue weighted by Gasteiger charge is -2.03. The van der Waals surface area contributed by atoms with E-state index < -0.39 is 11.6 Å². The van der Waals surface area contributed by atoms with Gasteiger partial charge in [-0.3, -0.25) is 0 Å². The van der Waals surface area contributed by atoms with Gasteiger partial charge in [-0.1, -0.05) is 6.07 Å². The SMILES string of the molecule is Cc1cc(C)c2cc(C(=O)O)oc(=O)c2c1. The van der Waals surface area contributed by atoms with Crippen LogP contribution in [0, 0.1) is 13.8 Å². The molecular weight excluding hydrogens is 208 g/mol. The fraction of sp³-hybridized carbons (Fsp3) is 0.167. The Bertz CT molecular complexity index is 637. The van der Waals surface area contributed by atoms with Crippen molar-refractivity contribution in [1.82, 2.24) is 0 Å². The summed E-state index contributed by atoms with van der Waals surface area (Å²) in [5.41, 5.74) is 1.20. The fourth-order valence-corrected chi connectivity index (χ4v) is 1.76. The molecule has 0 bridgehead atoms. The molecular formula is C12H10O4. The van der Waals surface area contributed by atoms with Crippen molar-refractivity contribution < 1.29 is 14.3 Å². The molecule has 82 valence electrons. The summed E-state index contributed by atoms with van der Waals surface area (Å²) in [6.07, 6.45) is 0. The first-order valence-electron chi connectivity index (χ1n) is 4.77. The normalized spacial score (nSPS) is 10.6. The standard InChI is InChI=1S/C12H10O4/c1-6-3-7(2)8-5-10(11(13)14)16-12(15)9(8)4-6/h3-5H,1-2H3,(H,13,14). The van der Waals surface area contributed by atoms with Gasteiger partial charge in [0.2, 0.25) is 5.76 Å². The molecule has 1 aromatic heterocycles. The number of rotatable bonds is 1. The molecule has 0 aliphatic rings. The number of fused-ring (bicyclic) bond motifs is 1. The average Bonchev–Trinajstić information content (AvgIpc) is 2.19. The van der Waals surface area contributed by atoms with Crippen molar-refractivity contribution in [2.75, 3.05) is 0 Å². The van der Waals surface area contributed by atoms with E-state index in [1.807, 2.05) is 19.9 Å². The Balaban J connectivity index is 2.93. The molecule has 0 spiro atoms. The Hall–Kier alpha value is -2.10. The summed E-state index contributed by atoms with van der Waals surface area (Å²) in [6, 6.07) is 4.97. The van der Waals surface area contributed by atoms with Crippen LogP contribution in [-0.4, -0.2) is 11.1 Å². The van der Waals surface area contributed by atoms with Crippen LogP contribution in [0.2, 0.25) is 0 Å². The van der Waals surface area contributed by atoms with Gasteiger partial charge < -0.3 is 9.52 Å². The Labute approximate surface area is 91.1 Å². The first-order chi connectivity index (χ1) is 7.49. The Morgan fingerprint density at radius 1 is 1.19 bits per heavy atom. The summed E-state index contributed by atoms with van der Waals surface area (Å²) in [4.78, 5) is 22.3. The lowest BCUT2D eigenvalue weighted by molar-refractivity contribution is 0.0658. The Kier molecular flexibility index (Phi) is 2.27. The predicted octanol–water partition coefficient (Wildman–Crippen LogP) is 2.11. The quantitative estimate of drug-likeness (QED) is 0.795. The summed E-state index contributed by atoms with van der Waals surface area (Å²) in [5, 5.41) is 9.82. The molecule has 1 heterocycles. The molecule has 1 aromatic carbocycles. The number of hydrogen-bond acceptors (Lipinski definition) is 3. The second-order valence-corrected chi connectivity index (χ2v) is 3.75. The van der Waals surface area contributed by atoms with E-state index in [0.717, 1.165) is 11.1 Å². The van der Waals surface area contributed by atoms with Crippen molar-refractivity contribution in [2.24, 2.45) is 0 Å². The highest BCUT2D eigenvalue weighted by Gasteiger charge is 2.11. The summed E-state index contributed by atoms with van der Waals surface area (Å²) in [6.45, 7) is 3.71. The van der Waals surface area contributed by atoms with E-state index in [0.29, 0.717) is 10.8 Å². The molecule has 2 rings (SSSR count). The van der Waals surface area contributed by atoms with E-state index in [1.165, 1.54) is 6.07 Å². The molecule has 4 nitrogen and oxygen atoms in total. The summed E-state index contributed by atoms with van der Waals surface area (Å²) in [7, 11) is 0. The van der Waals surface area contributed by atoms with E-state index in [1.54, 1.807) is 6.07 Å². The smallest absolute Gasteiger partial charge is 0.371 e. The van der Waals surface area contributed by atoms with Crippen LogP contribution in [0.3, 0.4) is 0 Å². The summed E-state index contributed by atoms with van der Waals surface area (Å²) in [5.74, 6) is -1.57. The third-order valence-electron chi connectivity index (χ3n) is 2.44. The Morgan fingerprint density at radius 3 is 2.50 bits per heavy atom. The van der Waals surface area contributed by atoms with Gasteiger partial charge in [0.1, 0.15) is 0 Å². The molecule has 0 atom stereocenters. The fourth-order valence-electron chi connectivity index (χ4n) is 1.76. The van der Waals surface area contributed by atoms with Crippen molar-refractivity contribution in [3.8, 4) is 0 Å².